The maximum atomic E-state index is 9.46. The Labute approximate surface area is 136 Å². The maximum Gasteiger partial charge on any atom is 0.149 e. The van der Waals surface area contributed by atoms with Crippen molar-refractivity contribution in [3.05, 3.63) is 65.5 Å². The van der Waals surface area contributed by atoms with E-state index in [-0.39, 0.29) is 0 Å². The summed E-state index contributed by atoms with van der Waals surface area (Å²) in [7, 11) is 0. The van der Waals surface area contributed by atoms with E-state index in [1.165, 1.54) is 0 Å². The lowest BCUT2D eigenvalue weighted by molar-refractivity contribution is 0.584. The SMILES string of the molecule is N#C/C(=C\c1ccc(-c2ccco2)s1)c1nc2ccccc2[nH]1. The highest BCUT2D eigenvalue weighted by Gasteiger charge is 2.09. The molecule has 0 spiro atoms. The quantitative estimate of drug-likeness (QED) is 0.544. The molecular weight excluding hydrogens is 306 g/mol. The highest BCUT2D eigenvalue weighted by atomic mass is 32.1. The monoisotopic (exact) mass is 317 g/mol. The lowest BCUT2D eigenvalue weighted by Gasteiger charge is -1.92. The van der Waals surface area contributed by atoms with Gasteiger partial charge in [-0.3, -0.25) is 0 Å². The molecule has 0 amide bonds. The average Bonchev–Trinajstić information content (AvgIpc) is 3.30. The van der Waals surface area contributed by atoms with Crippen LogP contribution < -0.4 is 0 Å². The lowest BCUT2D eigenvalue weighted by Crippen LogP contribution is -1.83. The largest absolute Gasteiger partial charge is 0.464 e. The molecule has 0 radical (unpaired) electrons. The number of nitrogens with zero attached hydrogens (tertiary/aromatic N) is 2. The van der Waals surface area contributed by atoms with Crippen molar-refractivity contribution in [2.45, 2.75) is 0 Å². The van der Waals surface area contributed by atoms with Gasteiger partial charge in [0.05, 0.1) is 27.7 Å². The van der Waals surface area contributed by atoms with Gasteiger partial charge in [0.1, 0.15) is 17.7 Å². The Morgan fingerprint density at radius 1 is 1.17 bits per heavy atom. The molecule has 0 fully saturated rings. The molecule has 4 aromatic rings. The van der Waals surface area contributed by atoms with E-state index in [9.17, 15) is 5.26 Å². The molecule has 3 aromatic heterocycles. The van der Waals surface area contributed by atoms with E-state index in [0.717, 1.165) is 26.5 Å². The number of allylic oxidation sites excluding steroid dienone is 1. The van der Waals surface area contributed by atoms with Gasteiger partial charge in [-0.25, -0.2) is 4.98 Å². The van der Waals surface area contributed by atoms with Crippen LogP contribution in [-0.4, -0.2) is 9.97 Å². The molecule has 110 valence electrons. The molecule has 0 aliphatic carbocycles. The van der Waals surface area contributed by atoms with Gasteiger partial charge in [0.2, 0.25) is 0 Å². The maximum absolute atomic E-state index is 9.46. The van der Waals surface area contributed by atoms with Gasteiger partial charge in [0.25, 0.3) is 0 Å². The molecule has 0 aliphatic rings. The molecule has 0 atom stereocenters. The van der Waals surface area contributed by atoms with Crippen molar-refractivity contribution in [1.29, 1.82) is 5.26 Å². The first-order valence-corrected chi connectivity index (χ1v) is 7.86. The number of hydrogen-bond donors (Lipinski definition) is 1. The number of hydrogen-bond acceptors (Lipinski definition) is 4. The number of H-pyrrole nitrogens is 1. The number of rotatable bonds is 3. The number of aromatic amines is 1. The number of nitrogens with one attached hydrogen (secondary N) is 1. The summed E-state index contributed by atoms with van der Waals surface area (Å²) in [6.45, 7) is 0. The Hall–Kier alpha value is -3.10. The van der Waals surface area contributed by atoms with E-state index >= 15 is 0 Å². The lowest BCUT2D eigenvalue weighted by atomic mass is 10.2. The Morgan fingerprint density at radius 3 is 2.87 bits per heavy atom. The van der Waals surface area contributed by atoms with Gasteiger partial charge in [-0.15, -0.1) is 11.3 Å². The summed E-state index contributed by atoms with van der Waals surface area (Å²) >= 11 is 1.57. The number of para-hydroxylation sites is 2. The Kier molecular flexibility index (Phi) is 3.30. The molecule has 1 N–H and O–H groups in total. The highest BCUT2D eigenvalue weighted by molar-refractivity contribution is 7.16. The van der Waals surface area contributed by atoms with Crippen molar-refractivity contribution in [2.75, 3.05) is 0 Å². The Bertz CT molecular complexity index is 999. The molecule has 3 heterocycles. The zero-order chi connectivity index (χ0) is 15.6. The third kappa shape index (κ3) is 2.56. The first kappa shape index (κ1) is 13.6. The smallest absolute Gasteiger partial charge is 0.149 e. The summed E-state index contributed by atoms with van der Waals surface area (Å²) in [5, 5.41) is 9.46. The van der Waals surface area contributed by atoms with Crippen LogP contribution in [-0.2, 0) is 0 Å². The van der Waals surface area contributed by atoms with Crippen molar-refractivity contribution >= 4 is 34.0 Å². The van der Waals surface area contributed by atoms with Crippen LogP contribution in [0.25, 0.3) is 33.3 Å². The normalized spacial score (nSPS) is 11.7. The molecule has 0 saturated heterocycles. The molecule has 1 aromatic carbocycles. The van der Waals surface area contributed by atoms with Crippen LogP contribution in [0.2, 0.25) is 0 Å². The third-order valence-corrected chi connectivity index (χ3v) is 4.49. The van der Waals surface area contributed by atoms with E-state index in [0.29, 0.717) is 11.4 Å². The topological polar surface area (TPSA) is 65.6 Å². The summed E-state index contributed by atoms with van der Waals surface area (Å²) < 4.78 is 5.39. The minimum atomic E-state index is 0.508. The van der Waals surface area contributed by atoms with Crippen LogP contribution in [0.1, 0.15) is 10.7 Å². The molecule has 0 saturated carbocycles. The summed E-state index contributed by atoms with van der Waals surface area (Å²) in [6, 6.07) is 17.7. The highest BCUT2D eigenvalue weighted by Crippen LogP contribution is 2.30. The Morgan fingerprint density at radius 2 is 2.09 bits per heavy atom. The fraction of sp³-hybridized carbons (Fsp3) is 0. The predicted octanol–water partition coefficient (Wildman–Crippen LogP) is 4.95. The van der Waals surface area contributed by atoms with Gasteiger partial charge in [0, 0.05) is 4.88 Å². The minimum Gasteiger partial charge on any atom is -0.464 e. The second-order valence-electron chi connectivity index (χ2n) is 4.95. The van der Waals surface area contributed by atoms with Crippen molar-refractivity contribution in [3.63, 3.8) is 0 Å². The van der Waals surface area contributed by atoms with Crippen LogP contribution in [0, 0.1) is 11.3 Å². The summed E-state index contributed by atoms with van der Waals surface area (Å²) in [4.78, 5) is 9.67. The van der Waals surface area contributed by atoms with Crippen molar-refractivity contribution in [1.82, 2.24) is 9.97 Å². The Balaban J connectivity index is 1.72. The summed E-state index contributed by atoms with van der Waals surface area (Å²) in [5.41, 5.74) is 2.28. The number of nitriles is 1. The van der Waals surface area contributed by atoms with Gasteiger partial charge >= 0.3 is 0 Å². The molecule has 0 aliphatic heterocycles. The summed E-state index contributed by atoms with van der Waals surface area (Å²) in [6.07, 6.45) is 3.49. The van der Waals surface area contributed by atoms with Crippen LogP contribution in [0.3, 0.4) is 0 Å². The first-order chi connectivity index (χ1) is 11.3. The average molecular weight is 317 g/mol. The molecule has 4 rings (SSSR count). The van der Waals surface area contributed by atoms with Crippen LogP contribution in [0.15, 0.2) is 59.2 Å². The summed E-state index contributed by atoms with van der Waals surface area (Å²) in [5.74, 6) is 1.42. The van der Waals surface area contributed by atoms with E-state index in [1.54, 1.807) is 17.6 Å². The molecule has 0 bridgehead atoms. The van der Waals surface area contributed by atoms with Gasteiger partial charge in [-0.1, -0.05) is 12.1 Å². The minimum absolute atomic E-state index is 0.508. The van der Waals surface area contributed by atoms with E-state index < -0.39 is 0 Å². The van der Waals surface area contributed by atoms with Crippen molar-refractivity contribution < 1.29 is 4.42 Å². The standard InChI is InChI=1S/C18H11N3OS/c19-11-12(18-20-14-4-1-2-5-15(14)21-18)10-13-7-8-17(23-13)16-6-3-9-22-16/h1-10H,(H,20,21)/b12-10+. The van der Waals surface area contributed by atoms with Gasteiger partial charge in [0.15, 0.2) is 0 Å². The van der Waals surface area contributed by atoms with E-state index in [4.69, 9.17) is 4.42 Å². The van der Waals surface area contributed by atoms with Crippen LogP contribution >= 0.6 is 11.3 Å². The number of furan rings is 1. The number of benzene rings is 1. The molecular formula is C18H11N3OS. The fourth-order valence-corrected chi connectivity index (χ4v) is 3.28. The number of thiophene rings is 1. The van der Waals surface area contributed by atoms with Crippen LogP contribution in [0.4, 0.5) is 0 Å². The predicted molar refractivity (Wildman–Crippen MR) is 91.6 cm³/mol. The molecule has 0 unspecified atom stereocenters. The van der Waals surface area contributed by atoms with Crippen molar-refractivity contribution in [3.8, 4) is 16.7 Å². The first-order valence-electron chi connectivity index (χ1n) is 7.04. The van der Waals surface area contributed by atoms with Gasteiger partial charge < -0.3 is 9.40 Å². The van der Waals surface area contributed by atoms with Crippen molar-refractivity contribution in [2.24, 2.45) is 0 Å². The zero-order valence-corrected chi connectivity index (χ0v) is 12.8. The number of fused-ring (bicyclic) bond motifs is 1. The van der Waals surface area contributed by atoms with Gasteiger partial charge in [-0.2, -0.15) is 5.26 Å². The number of imidazole rings is 1. The number of aromatic nitrogens is 2. The molecule has 23 heavy (non-hydrogen) atoms. The zero-order valence-electron chi connectivity index (χ0n) is 12.0. The third-order valence-electron chi connectivity index (χ3n) is 3.44. The second-order valence-corrected chi connectivity index (χ2v) is 6.07. The van der Waals surface area contributed by atoms with Gasteiger partial charge in [-0.05, 0) is 42.5 Å². The fourth-order valence-electron chi connectivity index (χ4n) is 2.36. The van der Waals surface area contributed by atoms with E-state index in [1.807, 2.05) is 54.6 Å². The second kappa shape index (κ2) is 5.59. The molecule has 4 nitrogen and oxygen atoms in total. The molecule has 5 heteroatoms. The van der Waals surface area contributed by atoms with Crippen LogP contribution in [0.5, 0.6) is 0 Å². The van der Waals surface area contributed by atoms with E-state index in [2.05, 4.69) is 16.0 Å².